The van der Waals surface area contributed by atoms with Gasteiger partial charge in [0.05, 0.1) is 6.04 Å². The molecular weight excluding hydrogens is 423 g/mol. The number of nitrogens with zero attached hydrogens (tertiary/aromatic N) is 3. The molecule has 0 bridgehead atoms. The smallest absolute Gasteiger partial charge is 0.356 e. The first kappa shape index (κ1) is 21.0. The standard InChI is InChI=1S/C22H20F3N5S/c1-14(15-7-3-2-4-8-15)26-21(31)29-20-27-18(22(23,24)25)11-19(28-20)30-12-16-9-5-6-10-17(16)13-30/h2-11,14H,12-13H2,1H3,(H2,26,27,28,29,31)/t14-/m1/s1. The van der Waals surface area contributed by atoms with Crippen LogP contribution in [0, 0.1) is 0 Å². The predicted molar refractivity (Wildman–Crippen MR) is 118 cm³/mol. The third kappa shape index (κ3) is 4.93. The van der Waals surface area contributed by atoms with Gasteiger partial charge in [-0.3, -0.25) is 0 Å². The molecule has 0 saturated carbocycles. The van der Waals surface area contributed by atoms with Gasteiger partial charge in [0.2, 0.25) is 5.95 Å². The van der Waals surface area contributed by atoms with Crippen LogP contribution in [-0.4, -0.2) is 15.1 Å². The molecule has 0 fully saturated rings. The SMILES string of the molecule is C[C@@H](NC(=S)Nc1nc(N2Cc3ccccc3C2)cc(C(F)(F)F)n1)c1ccccc1. The summed E-state index contributed by atoms with van der Waals surface area (Å²) in [5.74, 6) is -0.00141. The summed E-state index contributed by atoms with van der Waals surface area (Å²) in [6.07, 6.45) is -4.60. The molecule has 0 unspecified atom stereocenters. The van der Waals surface area contributed by atoms with Crippen molar-refractivity contribution in [3.05, 3.63) is 83.0 Å². The second-order valence-corrected chi connectivity index (χ2v) is 7.70. The summed E-state index contributed by atoms with van der Waals surface area (Å²) < 4.78 is 40.4. The number of alkyl halides is 3. The van der Waals surface area contributed by atoms with Crippen LogP contribution in [0.25, 0.3) is 0 Å². The first-order chi connectivity index (χ1) is 14.8. The van der Waals surface area contributed by atoms with E-state index in [1.54, 1.807) is 4.90 Å². The molecule has 9 heteroatoms. The summed E-state index contributed by atoms with van der Waals surface area (Å²) in [6.45, 7) is 2.87. The number of fused-ring (bicyclic) bond motifs is 1. The molecule has 0 radical (unpaired) electrons. The first-order valence-electron chi connectivity index (χ1n) is 9.70. The molecule has 1 aliphatic heterocycles. The van der Waals surface area contributed by atoms with Crippen molar-refractivity contribution in [1.82, 2.24) is 15.3 Å². The zero-order valence-corrected chi connectivity index (χ0v) is 17.5. The lowest BCUT2D eigenvalue weighted by Crippen LogP contribution is -2.32. The van der Waals surface area contributed by atoms with Gasteiger partial charge in [0.15, 0.2) is 10.8 Å². The summed E-state index contributed by atoms with van der Waals surface area (Å²) in [5, 5.41) is 5.91. The number of nitrogens with one attached hydrogen (secondary N) is 2. The molecule has 0 amide bonds. The van der Waals surface area contributed by atoms with Crippen molar-refractivity contribution in [2.45, 2.75) is 32.2 Å². The van der Waals surface area contributed by atoms with Gasteiger partial charge in [0.1, 0.15) is 5.82 Å². The Labute approximate surface area is 183 Å². The van der Waals surface area contributed by atoms with E-state index in [9.17, 15) is 13.2 Å². The highest BCUT2D eigenvalue weighted by molar-refractivity contribution is 7.80. The van der Waals surface area contributed by atoms with Gasteiger partial charge in [-0.15, -0.1) is 0 Å². The second kappa shape index (κ2) is 8.50. The molecule has 1 atom stereocenters. The van der Waals surface area contributed by atoms with Crippen molar-refractivity contribution in [1.29, 1.82) is 0 Å². The Balaban J connectivity index is 1.55. The fourth-order valence-electron chi connectivity index (χ4n) is 3.45. The van der Waals surface area contributed by atoms with Crippen LogP contribution in [0.2, 0.25) is 0 Å². The number of thiocarbonyl (C=S) groups is 1. The van der Waals surface area contributed by atoms with Crippen LogP contribution in [0.1, 0.15) is 35.3 Å². The number of halogens is 3. The van der Waals surface area contributed by atoms with Crippen LogP contribution >= 0.6 is 12.2 Å². The summed E-state index contributed by atoms with van der Waals surface area (Å²) in [6, 6.07) is 18.2. The van der Waals surface area contributed by atoms with Crippen molar-refractivity contribution < 1.29 is 13.2 Å². The van der Waals surface area contributed by atoms with Crippen LogP contribution < -0.4 is 15.5 Å². The molecule has 31 heavy (non-hydrogen) atoms. The monoisotopic (exact) mass is 443 g/mol. The largest absolute Gasteiger partial charge is 0.433 e. The number of hydrogen-bond acceptors (Lipinski definition) is 4. The molecule has 1 aliphatic rings. The van der Waals surface area contributed by atoms with Crippen LogP contribution in [0.15, 0.2) is 60.7 Å². The van der Waals surface area contributed by atoms with E-state index in [2.05, 4.69) is 20.6 Å². The van der Waals surface area contributed by atoms with Gasteiger partial charge in [-0.2, -0.15) is 18.2 Å². The molecule has 5 nitrogen and oxygen atoms in total. The summed E-state index contributed by atoms with van der Waals surface area (Å²) >= 11 is 5.29. The van der Waals surface area contributed by atoms with Crippen molar-refractivity contribution >= 4 is 29.1 Å². The average molecular weight is 443 g/mol. The van der Waals surface area contributed by atoms with Gasteiger partial charge in [-0.05, 0) is 35.8 Å². The maximum Gasteiger partial charge on any atom is 0.433 e. The van der Waals surface area contributed by atoms with E-state index < -0.39 is 11.9 Å². The van der Waals surface area contributed by atoms with Crippen molar-refractivity contribution in [2.24, 2.45) is 0 Å². The van der Waals surface area contributed by atoms with E-state index in [1.807, 2.05) is 61.5 Å². The third-order valence-electron chi connectivity index (χ3n) is 5.04. The van der Waals surface area contributed by atoms with Crippen LogP contribution in [0.5, 0.6) is 0 Å². The molecule has 3 aromatic rings. The van der Waals surface area contributed by atoms with Crippen LogP contribution in [0.4, 0.5) is 24.9 Å². The molecule has 2 heterocycles. The first-order valence-corrected chi connectivity index (χ1v) is 10.1. The van der Waals surface area contributed by atoms with E-state index in [-0.39, 0.29) is 22.9 Å². The Morgan fingerprint density at radius 1 is 1.00 bits per heavy atom. The molecule has 2 N–H and O–H groups in total. The molecule has 2 aromatic carbocycles. The van der Waals surface area contributed by atoms with E-state index in [0.29, 0.717) is 13.1 Å². The lowest BCUT2D eigenvalue weighted by Gasteiger charge is -2.20. The van der Waals surface area contributed by atoms with Crippen LogP contribution in [-0.2, 0) is 19.3 Å². The fraction of sp³-hybridized carbons (Fsp3) is 0.227. The molecular formula is C22H20F3N5S. The minimum absolute atomic E-state index is 0.139. The van der Waals surface area contributed by atoms with E-state index in [1.165, 1.54) is 0 Å². The second-order valence-electron chi connectivity index (χ2n) is 7.29. The topological polar surface area (TPSA) is 53.1 Å². The van der Waals surface area contributed by atoms with E-state index >= 15 is 0 Å². The van der Waals surface area contributed by atoms with Crippen molar-refractivity contribution in [3.8, 4) is 0 Å². The zero-order chi connectivity index (χ0) is 22.0. The summed E-state index contributed by atoms with van der Waals surface area (Å²) in [5.41, 5.74) is 2.11. The fourth-order valence-corrected chi connectivity index (χ4v) is 3.72. The Bertz CT molecular complexity index is 1060. The van der Waals surface area contributed by atoms with E-state index in [0.717, 1.165) is 22.8 Å². The van der Waals surface area contributed by atoms with Crippen LogP contribution in [0.3, 0.4) is 0 Å². The minimum Gasteiger partial charge on any atom is -0.356 e. The number of benzene rings is 2. The number of hydrogen-bond donors (Lipinski definition) is 2. The lowest BCUT2D eigenvalue weighted by molar-refractivity contribution is -0.141. The number of rotatable bonds is 4. The predicted octanol–water partition coefficient (Wildman–Crippen LogP) is 5.06. The van der Waals surface area contributed by atoms with Crippen molar-refractivity contribution in [3.63, 3.8) is 0 Å². The highest BCUT2D eigenvalue weighted by Gasteiger charge is 2.35. The Kier molecular flexibility index (Phi) is 5.77. The molecule has 0 aliphatic carbocycles. The number of aromatic nitrogens is 2. The highest BCUT2D eigenvalue weighted by Crippen LogP contribution is 2.33. The molecule has 0 spiro atoms. The number of anilines is 2. The van der Waals surface area contributed by atoms with Gasteiger partial charge >= 0.3 is 6.18 Å². The molecule has 0 saturated heterocycles. The molecule has 4 rings (SSSR count). The van der Waals surface area contributed by atoms with Gasteiger partial charge in [-0.1, -0.05) is 54.6 Å². The quantitative estimate of drug-likeness (QED) is 0.550. The Morgan fingerprint density at radius 2 is 1.61 bits per heavy atom. The molecule has 1 aromatic heterocycles. The Hall–Kier alpha value is -3.20. The van der Waals surface area contributed by atoms with E-state index in [4.69, 9.17) is 12.2 Å². The van der Waals surface area contributed by atoms with Gasteiger partial charge in [0.25, 0.3) is 0 Å². The van der Waals surface area contributed by atoms with Gasteiger partial charge in [-0.25, -0.2) is 4.98 Å². The summed E-state index contributed by atoms with van der Waals surface area (Å²) in [4.78, 5) is 9.74. The maximum atomic E-state index is 13.5. The van der Waals surface area contributed by atoms with Crippen molar-refractivity contribution in [2.75, 3.05) is 10.2 Å². The summed E-state index contributed by atoms with van der Waals surface area (Å²) in [7, 11) is 0. The van der Waals surface area contributed by atoms with Gasteiger partial charge < -0.3 is 15.5 Å². The Morgan fingerprint density at radius 3 is 2.23 bits per heavy atom. The molecule has 160 valence electrons. The zero-order valence-electron chi connectivity index (χ0n) is 16.6. The maximum absolute atomic E-state index is 13.5. The highest BCUT2D eigenvalue weighted by atomic mass is 32.1. The average Bonchev–Trinajstić information content (AvgIpc) is 3.18. The minimum atomic E-state index is -4.60. The normalized spacial score (nSPS) is 14.1. The lowest BCUT2D eigenvalue weighted by atomic mass is 10.1. The van der Waals surface area contributed by atoms with Gasteiger partial charge in [0, 0.05) is 19.2 Å². The third-order valence-corrected chi connectivity index (χ3v) is 5.26.